The SMILES string of the molecule is C=CCCC(NC(=O)OCC1c2ccccc2-c2ccccc21)C(=O)N(CC(=O)O)CC1CC1. The first kappa shape index (κ1) is 23.5. The highest BCUT2D eigenvalue weighted by Gasteiger charge is 2.33. The Morgan fingerprint density at radius 2 is 1.71 bits per heavy atom. The van der Waals surface area contributed by atoms with Crippen LogP contribution in [0.5, 0.6) is 0 Å². The summed E-state index contributed by atoms with van der Waals surface area (Å²) in [7, 11) is 0. The van der Waals surface area contributed by atoms with Crippen molar-refractivity contribution < 1.29 is 24.2 Å². The molecule has 2 amide bonds. The third-order valence-corrected chi connectivity index (χ3v) is 6.41. The highest BCUT2D eigenvalue weighted by atomic mass is 16.5. The Morgan fingerprint density at radius 1 is 1.09 bits per heavy atom. The van der Waals surface area contributed by atoms with E-state index in [1.54, 1.807) is 6.08 Å². The van der Waals surface area contributed by atoms with Crippen LogP contribution in [0.1, 0.15) is 42.7 Å². The zero-order valence-electron chi connectivity index (χ0n) is 19.1. The number of carboxylic acid groups (broad SMARTS) is 1. The molecule has 1 unspecified atom stereocenters. The van der Waals surface area contributed by atoms with Gasteiger partial charge in [-0.05, 0) is 53.9 Å². The normalized spacial score (nSPS) is 15.1. The molecule has 7 heteroatoms. The number of rotatable bonds is 11. The maximum absolute atomic E-state index is 13.1. The first-order valence-corrected chi connectivity index (χ1v) is 11.7. The average Bonchev–Trinajstić information content (AvgIpc) is 3.59. The molecule has 2 aliphatic carbocycles. The zero-order valence-corrected chi connectivity index (χ0v) is 19.1. The van der Waals surface area contributed by atoms with Gasteiger partial charge in [0.05, 0.1) is 0 Å². The molecule has 2 N–H and O–H groups in total. The summed E-state index contributed by atoms with van der Waals surface area (Å²) < 4.78 is 5.59. The van der Waals surface area contributed by atoms with Gasteiger partial charge < -0.3 is 20.1 Å². The number of fused-ring (bicyclic) bond motifs is 3. The molecule has 1 saturated carbocycles. The molecule has 178 valence electrons. The van der Waals surface area contributed by atoms with Crippen LogP contribution >= 0.6 is 0 Å². The van der Waals surface area contributed by atoms with E-state index in [1.165, 1.54) is 4.90 Å². The van der Waals surface area contributed by atoms with Crippen LogP contribution in [-0.4, -0.2) is 53.7 Å². The molecule has 1 fully saturated rings. The second kappa shape index (κ2) is 10.5. The maximum Gasteiger partial charge on any atom is 0.407 e. The van der Waals surface area contributed by atoms with Gasteiger partial charge in [-0.1, -0.05) is 54.6 Å². The number of alkyl carbamates (subject to hydrolysis) is 1. The number of hydrogen-bond acceptors (Lipinski definition) is 4. The molecule has 7 nitrogen and oxygen atoms in total. The number of carboxylic acids is 1. The fourth-order valence-electron chi connectivity index (χ4n) is 4.55. The van der Waals surface area contributed by atoms with E-state index in [0.717, 1.165) is 35.1 Å². The van der Waals surface area contributed by atoms with Crippen molar-refractivity contribution in [2.75, 3.05) is 19.7 Å². The molecule has 34 heavy (non-hydrogen) atoms. The number of ether oxygens (including phenoxy) is 1. The molecular formula is C27H30N2O5. The third kappa shape index (κ3) is 5.47. The number of allylic oxidation sites excluding steroid dienone is 1. The molecule has 0 radical (unpaired) electrons. The fraction of sp³-hybridized carbons (Fsp3) is 0.370. The summed E-state index contributed by atoms with van der Waals surface area (Å²) in [4.78, 5) is 38.5. The first-order valence-electron chi connectivity index (χ1n) is 11.7. The molecule has 1 atom stereocenters. The van der Waals surface area contributed by atoms with Crippen molar-refractivity contribution in [3.8, 4) is 11.1 Å². The van der Waals surface area contributed by atoms with Crippen molar-refractivity contribution in [1.82, 2.24) is 10.2 Å². The Morgan fingerprint density at radius 3 is 2.26 bits per heavy atom. The molecule has 2 aliphatic rings. The molecule has 0 saturated heterocycles. The molecule has 0 heterocycles. The lowest BCUT2D eigenvalue weighted by Gasteiger charge is -2.26. The van der Waals surface area contributed by atoms with Crippen molar-refractivity contribution in [3.63, 3.8) is 0 Å². The molecule has 0 bridgehead atoms. The van der Waals surface area contributed by atoms with Crippen LogP contribution in [0.25, 0.3) is 11.1 Å². The Bertz CT molecular complexity index is 1030. The monoisotopic (exact) mass is 462 g/mol. The number of nitrogens with one attached hydrogen (secondary N) is 1. The largest absolute Gasteiger partial charge is 0.480 e. The lowest BCUT2D eigenvalue weighted by Crippen LogP contribution is -2.50. The van der Waals surface area contributed by atoms with E-state index < -0.39 is 24.0 Å². The molecule has 0 aromatic heterocycles. The van der Waals surface area contributed by atoms with Gasteiger partial charge >= 0.3 is 12.1 Å². The number of carbonyl (C=O) groups is 3. The quantitative estimate of drug-likeness (QED) is 0.489. The summed E-state index contributed by atoms with van der Waals surface area (Å²) in [6, 6.07) is 15.3. The van der Waals surface area contributed by atoms with Gasteiger partial charge in [0.1, 0.15) is 19.2 Å². The lowest BCUT2D eigenvalue weighted by molar-refractivity contribution is -0.145. The minimum atomic E-state index is -1.07. The van der Waals surface area contributed by atoms with Crippen LogP contribution in [0.3, 0.4) is 0 Å². The Hall–Kier alpha value is -3.61. The molecule has 4 rings (SSSR count). The Labute approximate surface area is 199 Å². The fourth-order valence-corrected chi connectivity index (χ4v) is 4.55. The van der Waals surface area contributed by atoms with Gasteiger partial charge in [0.15, 0.2) is 0 Å². The summed E-state index contributed by atoms with van der Waals surface area (Å²) in [6.07, 6.45) is 3.78. The second-order valence-electron chi connectivity index (χ2n) is 8.94. The van der Waals surface area contributed by atoms with E-state index in [2.05, 4.69) is 24.0 Å². The second-order valence-corrected chi connectivity index (χ2v) is 8.94. The highest BCUT2D eigenvalue weighted by molar-refractivity contribution is 5.88. The standard InChI is InChI=1S/C27H30N2O5/c1-2-3-12-24(26(32)29(16-25(30)31)15-18-13-14-18)28-27(33)34-17-23-21-10-6-4-8-19(21)20-9-5-7-11-22(20)23/h2,4-11,18,23-24H,1,3,12-17H2,(H,28,33)(H,30,31). The van der Waals surface area contributed by atoms with Crippen molar-refractivity contribution in [2.45, 2.75) is 37.6 Å². The number of aliphatic carboxylic acids is 1. The number of benzene rings is 2. The van der Waals surface area contributed by atoms with Crippen LogP contribution < -0.4 is 5.32 Å². The smallest absolute Gasteiger partial charge is 0.407 e. The number of nitrogens with zero attached hydrogens (tertiary/aromatic N) is 1. The summed E-state index contributed by atoms with van der Waals surface area (Å²) in [5, 5.41) is 11.9. The van der Waals surface area contributed by atoms with E-state index in [0.29, 0.717) is 25.3 Å². The van der Waals surface area contributed by atoms with E-state index in [-0.39, 0.29) is 19.1 Å². The Kier molecular flexibility index (Phi) is 7.30. The molecule has 2 aromatic carbocycles. The van der Waals surface area contributed by atoms with Gasteiger partial charge in [-0.3, -0.25) is 9.59 Å². The zero-order chi connectivity index (χ0) is 24.1. The van der Waals surface area contributed by atoms with Gasteiger partial charge in [0.2, 0.25) is 5.91 Å². The first-order chi connectivity index (χ1) is 16.5. The van der Waals surface area contributed by atoms with E-state index in [1.807, 2.05) is 36.4 Å². The van der Waals surface area contributed by atoms with Gasteiger partial charge in [-0.2, -0.15) is 0 Å². The molecule has 0 spiro atoms. The Balaban J connectivity index is 1.42. The molecular weight excluding hydrogens is 432 g/mol. The highest BCUT2D eigenvalue weighted by Crippen LogP contribution is 2.44. The van der Waals surface area contributed by atoms with Crippen LogP contribution in [0.4, 0.5) is 4.79 Å². The predicted octanol–water partition coefficient (Wildman–Crippen LogP) is 4.18. The minimum Gasteiger partial charge on any atom is -0.480 e. The third-order valence-electron chi connectivity index (χ3n) is 6.41. The van der Waals surface area contributed by atoms with Gasteiger partial charge in [0.25, 0.3) is 0 Å². The number of hydrogen-bond donors (Lipinski definition) is 2. The van der Waals surface area contributed by atoms with E-state index >= 15 is 0 Å². The molecule has 2 aromatic rings. The summed E-state index contributed by atoms with van der Waals surface area (Å²) in [6.45, 7) is 3.84. The summed E-state index contributed by atoms with van der Waals surface area (Å²) in [5.74, 6) is -1.22. The van der Waals surface area contributed by atoms with Crippen LogP contribution in [0.15, 0.2) is 61.2 Å². The van der Waals surface area contributed by atoms with Crippen molar-refractivity contribution in [3.05, 3.63) is 72.3 Å². The van der Waals surface area contributed by atoms with Crippen LogP contribution in [0, 0.1) is 5.92 Å². The van der Waals surface area contributed by atoms with Crippen molar-refractivity contribution in [2.24, 2.45) is 5.92 Å². The lowest BCUT2D eigenvalue weighted by atomic mass is 9.98. The average molecular weight is 463 g/mol. The van der Waals surface area contributed by atoms with Gasteiger partial charge in [-0.25, -0.2) is 4.79 Å². The summed E-state index contributed by atoms with van der Waals surface area (Å²) in [5.41, 5.74) is 4.48. The van der Waals surface area contributed by atoms with Crippen molar-refractivity contribution >= 4 is 18.0 Å². The van der Waals surface area contributed by atoms with Crippen LogP contribution in [0.2, 0.25) is 0 Å². The predicted molar refractivity (Wildman–Crippen MR) is 128 cm³/mol. The summed E-state index contributed by atoms with van der Waals surface area (Å²) >= 11 is 0. The van der Waals surface area contributed by atoms with Crippen molar-refractivity contribution in [1.29, 1.82) is 0 Å². The van der Waals surface area contributed by atoms with Gasteiger partial charge in [-0.15, -0.1) is 6.58 Å². The number of carbonyl (C=O) groups excluding carboxylic acids is 2. The van der Waals surface area contributed by atoms with Crippen LogP contribution in [-0.2, 0) is 14.3 Å². The van der Waals surface area contributed by atoms with E-state index in [9.17, 15) is 19.5 Å². The van der Waals surface area contributed by atoms with E-state index in [4.69, 9.17) is 4.74 Å². The maximum atomic E-state index is 13.1. The number of amides is 2. The topological polar surface area (TPSA) is 95.9 Å². The molecule has 0 aliphatic heterocycles. The van der Waals surface area contributed by atoms with Gasteiger partial charge in [0, 0.05) is 12.5 Å². The minimum absolute atomic E-state index is 0.0844.